The number of nitriles is 1. The number of aromatic nitrogens is 2. The normalized spacial score (nSPS) is 15.5. The van der Waals surface area contributed by atoms with Gasteiger partial charge in [0.05, 0.1) is 0 Å². The summed E-state index contributed by atoms with van der Waals surface area (Å²) in [4.78, 5) is 9.91. The second-order valence-corrected chi connectivity index (χ2v) is 6.64. The molecule has 1 saturated heterocycles. The summed E-state index contributed by atoms with van der Waals surface area (Å²) >= 11 is 0. The Labute approximate surface area is 145 Å². The van der Waals surface area contributed by atoms with E-state index >= 15 is 0 Å². The maximum atomic E-state index is 13.4. The molecule has 3 aromatic rings. The first-order chi connectivity index (χ1) is 12.2. The lowest BCUT2D eigenvalue weighted by molar-refractivity contribution is 0.505. The van der Waals surface area contributed by atoms with Crippen LogP contribution in [0.5, 0.6) is 0 Å². The van der Waals surface area contributed by atoms with Crippen LogP contribution in [-0.2, 0) is 0 Å². The number of H-pyrrole nitrogens is 1. The minimum absolute atomic E-state index is 0.213. The van der Waals surface area contributed by atoms with Gasteiger partial charge in [-0.25, -0.2) is 9.37 Å². The lowest BCUT2D eigenvalue weighted by Crippen LogP contribution is -2.33. The van der Waals surface area contributed by atoms with Crippen LogP contribution in [0.1, 0.15) is 35.6 Å². The van der Waals surface area contributed by atoms with Gasteiger partial charge in [-0.3, -0.25) is 0 Å². The highest BCUT2D eigenvalue weighted by molar-refractivity contribution is 5.83. The van der Waals surface area contributed by atoms with Gasteiger partial charge >= 0.3 is 0 Å². The molecule has 0 spiro atoms. The number of nitrogens with zero attached hydrogens (tertiary/aromatic N) is 3. The van der Waals surface area contributed by atoms with Crippen molar-refractivity contribution >= 4 is 16.7 Å². The third kappa shape index (κ3) is 2.85. The number of hydrogen-bond acceptors (Lipinski definition) is 3. The fourth-order valence-corrected chi connectivity index (χ4v) is 3.69. The van der Waals surface area contributed by atoms with E-state index in [2.05, 4.69) is 20.9 Å². The van der Waals surface area contributed by atoms with E-state index in [1.54, 1.807) is 6.07 Å². The van der Waals surface area contributed by atoms with E-state index in [1.807, 2.05) is 31.3 Å². The van der Waals surface area contributed by atoms with Crippen molar-refractivity contribution in [3.63, 3.8) is 0 Å². The fraction of sp³-hybridized carbons (Fsp3) is 0.300. The smallest absolute Gasteiger partial charge is 0.145 e. The van der Waals surface area contributed by atoms with E-state index in [1.165, 1.54) is 11.6 Å². The Morgan fingerprint density at radius 3 is 2.80 bits per heavy atom. The van der Waals surface area contributed by atoms with Crippen molar-refractivity contribution in [2.75, 3.05) is 18.0 Å². The molecule has 0 bridgehead atoms. The number of anilines is 1. The molecular formula is C20H19FN4. The highest BCUT2D eigenvalue weighted by atomic mass is 19.1. The highest BCUT2D eigenvalue weighted by Crippen LogP contribution is 2.34. The lowest BCUT2D eigenvalue weighted by atomic mass is 9.89. The average molecular weight is 334 g/mol. The van der Waals surface area contributed by atoms with Gasteiger partial charge in [0.1, 0.15) is 23.4 Å². The van der Waals surface area contributed by atoms with E-state index in [0.717, 1.165) is 48.2 Å². The lowest BCUT2D eigenvalue weighted by Gasteiger charge is -2.33. The Kier molecular flexibility index (Phi) is 3.89. The molecule has 126 valence electrons. The monoisotopic (exact) mass is 334 g/mol. The minimum atomic E-state index is -0.213. The summed E-state index contributed by atoms with van der Waals surface area (Å²) in [5.74, 6) is 1.12. The Morgan fingerprint density at radius 1 is 1.24 bits per heavy atom. The van der Waals surface area contributed by atoms with Gasteiger partial charge in [0.25, 0.3) is 0 Å². The maximum Gasteiger partial charge on any atom is 0.145 e. The van der Waals surface area contributed by atoms with Crippen LogP contribution in [-0.4, -0.2) is 23.1 Å². The first-order valence-electron chi connectivity index (χ1n) is 8.55. The van der Waals surface area contributed by atoms with E-state index in [4.69, 9.17) is 5.26 Å². The Morgan fingerprint density at radius 2 is 2.04 bits per heavy atom. The Bertz CT molecular complexity index is 961. The summed E-state index contributed by atoms with van der Waals surface area (Å²) in [5.41, 5.74) is 3.53. The molecule has 4 rings (SSSR count). The molecule has 0 radical (unpaired) electrons. The van der Waals surface area contributed by atoms with Crippen LogP contribution in [0.15, 0.2) is 36.5 Å². The predicted molar refractivity (Wildman–Crippen MR) is 96.1 cm³/mol. The van der Waals surface area contributed by atoms with Gasteiger partial charge in [-0.15, -0.1) is 0 Å². The van der Waals surface area contributed by atoms with Crippen LogP contribution in [0.25, 0.3) is 10.9 Å². The number of pyridine rings is 1. The van der Waals surface area contributed by atoms with E-state index in [-0.39, 0.29) is 5.82 Å². The molecule has 0 aliphatic carbocycles. The summed E-state index contributed by atoms with van der Waals surface area (Å²) in [5, 5.41) is 10.3. The summed E-state index contributed by atoms with van der Waals surface area (Å²) in [7, 11) is 0. The summed E-state index contributed by atoms with van der Waals surface area (Å²) in [6.07, 6.45) is 4.05. The zero-order valence-corrected chi connectivity index (χ0v) is 14.1. The predicted octanol–water partition coefficient (Wildman–Crippen LogP) is 4.27. The first kappa shape index (κ1) is 15.6. The number of hydrogen-bond donors (Lipinski definition) is 1. The molecule has 4 nitrogen and oxygen atoms in total. The minimum Gasteiger partial charge on any atom is -0.361 e. The van der Waals surface area contributed by atoms with Gasteiger partial charge in [0, 0.05) is 30.2 Å². The Hall–Kier alpha value is -2.87. The van der Waals surface area contributed by atoms with E-state index < -0.39 is 0 Å². The quantitative estimate of drug-likeness (QED) is 0.761. The van der Waals surface area contributed by atoms with Crippen LogP contribution >= 0.6 is 0 Å². The van der Waals surface area contributed by atoms with Crippen LogP contribution in [0.4, 0.5) is 10.2 Å². The van der Waals surface area contributed by atoms with Crippen molar-refractivity contribution in [1.82, 2.24) is 9.97 Å². The average Bonchev–Trinajstić information content (AvgIpc) is 3.05. The molecule has 25 heavy (non-hydrogen) atoms. The molecule has 0 saturated carbocycles. The zero-order chi connectivity index (χ0) is 17.4. The van der Waals surface area contributed by atoms with Crippen LogP contribution < -0.4 is 4.90 Å². The number of halogens is 1. The number of piperidine rings is 1. The molecule has 1 aliphatic heterocycles. The molecule has 2 aromatic heterocycles. The molecule has 0 unspecified atom stereocenters. The summed E-state index contributed by atoms with van der Waals surface area (Å²) < 4.78 is 13.4. The number of nitrogens with one attached hydrogen (secondary N) is 1. The number of fused-ring (bicyclic) bond motifs is 1. The molecule has 0 atom stereocenters. The number of aryl methyl sites for hydroxylation is 1. The number of rotatable bonds is 2. The van der Waals surface area contributed by atoms with Crippen molar-refractivity contribution in [3.8, 4) is 6.07 Å². The van der Waals surface area contributed by atoms with Crippen LogP contribution in [0.3, 0.4) is 0 Å². The van der Waals surface area contributed by atoms with E-state index in [9.17, 15) is 4.39 Å². The van der Waals surface area contributed by atoms with Crippen molar-refractivity contribution in [1.29, 1.82) is 5.26 Å². The third-order valence-corrected chi connectivity index (χ3v) is 5.12. The van der Waals surface area contributed by atoms with Crippen molar-refractivity contribution in [2.45, 2.75) is 25.7 Å². The van der Waals surface area contributed by atoms with Crippen molar-refractivity contribution in [2.24, 2.45) is 0 Å². The van der Waals surface area contributed by atoms with Gasteiger partial charge in [0.15, 0.2) is 0 Å². The topological polar surface area (TPSA) is 55.7 Å². The molecule has 1 N–H and O–H groups in total. The summed E-state index contributed by atoms with van der Waals surface area (Å²) in [6.45, 7) is 3.71. The molecule has 5 heteroatoms. The van der Waals surface area contributed by atoms with Crippen molar-refractivity contribution < 1.29 is 4.39 Å². The molecule has 3 heterocycles. The van der Waals surface area contributed by atoms with Gasteiger partial charge in [-0.2, -0.15) is 5.26 Å². The number of benzene rings is 1. The summed E-state index contributed by atoms with van der Waals surface area (Å²) in [6, 6.07) is 11.0. The highest BCUT2D eigenvalue weighted by Gasteiger charge is 2.24. The molecule has 0 amide bonds. The van der Waals surface area contributed by atoms with Gasteiger partial charge in [-0.05, 0) is 61.1 Å². The molecular weight excluding hydrogens is 315 g/mol. The SMILES string of the molecule is Cc1ccc(N2CCC(c3c[nH]c4cc(F)ccc34)CC2)nc1C#N. The molecule has 1 fully saturated rings. The van der Waals surface area contributed by atoms with Gasteiger partial charge in [-0.1, -0.05) is 6.07 Å². The molecule has 1 aliphatic rings. The standard InChI is InChI=1S/C20H19FN4/c1-13-2-5-20(24-19(13)11-22)25-8-6-14(7-9-25)17-12-23-18-10-15(21)3-4-16(17)18/h2-5,10,12,14,23H,6-9H2,1H3. The third-order valence-electron chi connectivity index (χ3n) is 5.12. The van der Waals surface area contributed by atoms with Crippen LogP contribution in [0, 0.1) is 24.1 Å². The number of aromatic amines is 1. The second-order valence-electron chi connectivity index (χ2n) is 6.64. The second kappa shape index (κ2) is 6.21. The van der Waals surface area contributed by atoms with Crippen LogP contribution in [0.2, 0.25) is 0 Å². The fourth-order valence-electron chi connectivity index (χ4n) is 3.69. The van der Waals surface area contributed by atoms with Gasteiger partial charge in [0.2, 0.25) is 0 Å². The largest absolute Gasteiger partial charge is 0.361 e. The first-order valence-corrected chi connectivity index (χ1v) is 8.55. The maximum absolute atomic E-state index is 13.4. The van der Waals surface area contributed by atoms with Gasteiger partial charge < -0.3 is 9.88 Å². The Balaban J connectivity index is 1.52. The molecule has 1 aromatic carbocycles. The van der Waals surface area contributed by atoms with Crippen molar-refractivity contribution in [3.05, 3.63) is 59.2 Å². The zero-order valence-electron chi connectivity index (χ0n) is 14.1. The van der Waals surface area contributed by atoms with E-state index in [0.29, 0.717) is 11.6 Å².